The molecule has 0 amide bonds. The van der Waals surface area contributed by atoms with Crippen LogP contribution in [-0.4, -0.2) is 11.0 Å². The zero-order valence-corrected chi connectivity index (χ0v) is 13.9. The van der Waals surface area contributed by atoms with E-state index in [1.165, 1.54) is 18.4 Å². The van der Waals surface area contributed by atoms with Gasteiger partial charge in [0.1, 0.15) is 5.75 Å². The maximum Gasteiger partial charge on any atom is 0.224 e. The van der Waals surface area contributed by atoms with Gasteiger partial charge in [-0.15, -0.1) is 0 Å². The highest BCUT2D eigenvalue weighted by Gasteiger charge is 2.21. The van der Waals surface area contributed by atoms with Crippen LogP contribution in [0.5, 0.6) is 11.6 Å². The number of aromatic nitrogens is 1. The largest absolute Gasteiger partial charge is 0.439 e. The Kier molecular flexibility index (Phi) is 4.27. The topological polar surface area (TPSA) is 34.1 Å². The molecule has 0 spiro atoms. The fourth-order valence-electron chi connectivity index (χ4n) is 2.28. The number of halogens is 1. The summed E-state index contributed by atoms with van der Waals surface area (Å²) < 4.78 is 7.05. The number of aryl methyl sites for hydroxylation is 2. The average Bonchev–Trinajstić information content (AvgIpc) is 3.24. The summed E-state index contributed by atoms with van der Waals surface area (Å²) in [7, 11) is 0. The first-order valence-electron chi connectivity index (χ1n) is 7.26. The van der Waals surface area contributed by atoms with Gasteiger partial charge in [-0.25, -0.2) is 4.98 Å². The summed E-state index contributed by atoms with van der Waals surface area (Å²) >= 11 is 3.44. The Labute approximate surface area is 133 Å². The Hall–Kier alpha value is -1.39. The number of hydrogen-bond donors (Lipinski definition) is 1. The molecule has 1 aromatic heterocycles. The third-order valence-corrected chi connectivity index (χ3v) is 4.14. The molecule has 2 aromatic rings. The molecule has 0 bridgehead atoms. The number of nitrogens with zero attached hydrogens (tertiary/aromatic N) is 1. The summed E-state index contributed by atoms with van der Waals surface area (Å²) in [5.41, 5.74) is 3.35. The van der Waals surface area contributed by atoms with Crippen molar-refractivity contribution in [2.45, 2.75) is 39.3 Å². The molecule has 1 aromatic carbocycles. The van der Waals surface area contributed by atoms with Crippen LogP contribution in [0.15, 0.2) is 34.8 Å². The molecular weight excluding hydrogens is 328 g/mol. The fourth-order valence-corrected chi connectivity index (χ4v) is 2.54. The van der Waals surface area contributed by atoms with Crippen molar-refractivity contribution in [2.24, 2.45) is 0 Å². The second-order valence-electron chi connectivity index (χ2n) is 5.58. The summed E-state index contributed by atoms with van der Waals surface area (Å²) in [6.45, 7) is 4.93. The van der Waals surface area contributed by atoms with E-state index in [9.17, 15) is 0 Å². The van der Waals surface area contributed by atoms with E-state index in [-0.39, 0.29) is 0 Å². The molecule has 4 heteroatoms. The zero-order chi connectivity index (χ0) is 14.8. The zero-order valence-electron chi connectivity index (χ0n) is 12.3. The summed E-state index contributed by atoms with van der Waals surface area (Å²) in [4.78, 5) is 4.58. The first kappa shape index (κ1) is 14.5. The lowest BCUT2D eigenvalue weighted by molar-refractivity contribution is 0.450. The van der Waals surface area contributed by atoms with Crippen LogP contribution in [0.3, 0.4) is 0 Å². The van der Waals surface area contributed by atoms with Crippen molar-refractivity contribution in [1.29, 1.82) is 0 Å². The van der Waals surface area contributed by atoms with Gasteiger partial charge in [-0.3, -0.25) is 0 Å². The summed E-state index contributed by atoms with van der Waals surface area (Å²) in [5.74, 6) is 1.52. The first-order chi connectivity index (χ1) is 10.1. The Morgan fingerprint density at radius 2 is 1.95 bits per heavy atom. The molecule has 110 valence electrons. The molecule has 0 aliphatic heterocycles. The lowest BCUT2D eigenvalue weighted by Crippen LogP contribution is -2.17. The van der Waals surface area contributed by atoms with Crippen molar-refractivity contribution in [2.75, 3.05) is 0 Å². The number of ether oxygens (including phenoxy) is 1. The maximum atomic E-state index is 6.01. The van der Waals surface area contributed by atoms with Crippen molar-refractivity contribution >= 4 is 15.9 Å². The van der Waals surface area contributed by atoms with Gasteiger partial charge in [-0.05, 0) is 62.6 Å². The van der Waals surface area contributed by atoms with Crippen molar-refractivity contribution < 1.29 is 4.74 Å². The molecule has 1 aliphatic rings. The molecule has 3 nitrogen and oxygen atoms in total. The van der Waals surface area contributed by atoms with Gasteiger partial charge in [-0.2, -0.15) is 0 Å². The number of benzene rings is 1. The van der Waals surface area contributed by atoms with E-state index < -0.39 is 0 Å². The Bertz CT molecular complexity index is 636. The maximum absolute atomic E-state index is 6.01. The molecular formula is C17H19BrN2O. The number of pyridine rings is 1. The van der Waals surface area contributed by atoms with Crippen molar-refractivity contribution in [1.82, 2.24) is 10.3 Å². The minimum Gasteiger partial charge on any atom is -0.439 e. The molecule has 1 fully saturated rings. The van der Waals surface area contributed by atoms with E-state index in [2.05, 4.69) is 39.2 Å². The van der Waals surface area contributed by atoms with Crippen LogP contribution in [0.1, 0.15) is 29.7 Å². The van der Waals surface area contributed by atoms with Crippen LogP contribution in [0.2, 0.25) is 0 Å². The van der Waals surface area contributed by atoms with Crippen LogP contribution in [0, 0.1) is 13.8 Å². The van der Waals surface area contributed by atoms with Crippen LogP contribution in [-0.2, 0) is 6.54 Å². The Morgan fingerprint density at radius 1 is 1.24 bits per heavy atom. The highest BCUT2D eigenvalue weighted by molar-refractivity contribution is 9.10. The van der Waals surface area contributed by atoms with Gasteiger partial charge in [0, 0.05) is 28.3 Å². The molecule has 1 heterocycles. The molecule has 3 rings (SSSR count). The fraction of sp³-hybridized carbons (Fsp3) is 0.353. The molecule has 0 atom stereocenters. The monoisotopic (exact) mass is 346 g/mol. The van der Waals surface area contributed by atoms with Crippen molar-refractivity contribution in [3.8, 4) is 11.6 Å². The minimum absolute atomic E-state index is 0.672. The highest BCUT2D eigenvalue weighted by atomic mass is 79.9. The van der Waals surface area contributed by atoms with Gasteiger partial charge in [0.25, 0.3) is 0 Å². The molecule has 0 saturated heterocycles. The number of hydrogen-bond acceptors (Lipinski definition) is 3. The number of nitrogens with one attached hydrogen (secondary N) is 1. The van der Waals surface area contributed by atoms with Crippen molar-refractivity contribution in [3.63, 3.8) is 0 Å². The molecule has 1 aliphatic carbocycles. The second kappa shape index (κ2) is 6.16. The van der Waals surface area contributed by atoms with Gasteiger partial charge >= 0.3 is 0 Å². The predicted octanol–water partition coefficient (Wildman–Crippen LogP) is 4.51. The van der Waals surface area contributed by atoms with Crippen LogP contribution in [0.25, 0.3) is 0 Å². The van der Waals surface area contributed by atoms with Gasteiger partial charge in [0.15, 0.2) is 0 Å². The van der Waals surface area contributed by atoms with E-state index >= 15 is 0 Å². The van der Waals surface area contributed by atoms with E-state index in [0.29, 0.717) is 11.9 Å². The van der Waals surface area contributed by atoms with E-state index in [1.54, 1.807) is 0 Å². The normalized spacial score (nSPS) is 14.2. The van der Waals surface area contributed by atoms with E-state index in [1.807, 2.05) is 31.2 Å². The third-order valence-electron chi connectivity index (χ3n) is 3.61. The van der Waals surface area contributed by atoms with Crippen LogP contribution < -0.4 is 10.1 Å². The second-order valence-corrected chi connectivity index (χ2v) is 6.49. The van der Waals surface area contributed by atoms with Gasteiger partial charge < -0.3 is 10.1 Å². The van der Waals surface area contributed by atoms with Crippen LogP contribution >= 0.6 is 15.9 Å². The summed E-state index contributed by atoms with van der Waals surface area (Å²) in [6, 6.07) is 10.6. The lowest BCUT2D eigenvalue weighted by Gasteiger charge is -2.14. The third kappa shape index (κ3) is 3.83. The summed E-state index contributed by atoms with van der Waals surface area (Å²) in [6.07, 6.45) is 2.56. The quantitative estimate of drug-likeness (QED) is 0.864. The summed E-state index contributed by atoms with van der Waals surface area (Å²) in [5, 5.41) is 3.54. The van der Waals surface area contributed by atoms with Crippen LogP contribution in [0.4, 0.5) is 0 Å². The molecule has 0 unspecified atom stereocenters. The van der Waals surface area contributed by atoms with E-state index in [4.69, 9.17) is 4.74 Å². The Balaban J connectivity index is 1.85. The molecule has 1 saturated carbocycles. The van der Waals surface area contributed by atoms with Gasteiger partial charge in [0.2, 0.25) is 5.88 Å². The predicted molar refractivity (Wildman–Crippen MR) is 87.8 cm³/mol. The molecule has 21 heavy (non-hydrogen) atoms. The number of rotatable bonds is 5. The standard InChI is InChI=1S/C17H19BrN2O/c1-11-9-12(2)20-17(16(11)10-19-14-5-6-14)21-15-7-3-13(18)4-8-15/h3-4,7-9,14,19H,5-6,10H2,1-2H3. The highest BCUT2D eigenvalue weighted by Crippen LogP contribution is 2.28. The molecule has 0 radical (unpaired) electrons. The van der Waals surface area contributed by atoms with E-state index in [0.717, 1.165) is 28.0 Å². The van der Waals surface area contributed by atoms with Crippen molar-refractivity contribution in [3.05, 3.63) is 51.6 Å². The average molecular weight is 347 g/mol. The van der Waals surface area contributed by atoms with Gasteiger partial charge in [-0.1, -0.05) is 15.9 Å². The molecule has 1 N–H and O–H groups in total. The Morgan fingerprint density at radius 3 is 2.62 bits per heavy atom. The van der Waals surface area contributed by atoms with Gasteiger partial charge in [0.05, 0.1) is 0 Å². The first-order valence-corrected chi connectivity index (χ1v) is 8.05. The smallest absolute Gasteiger partial charge is 0.224 e. The SMILES string of the molecule is Cc1cc(C)c(CNC2CC2)c(Oc2ccc(Br)cc2)n1. The lowest BCUT2D eigenvalue weighted by atomic mass is 10.1. The minimum atomic E-state index is 0.672.